The van der Waals surface area contributed by atoms with Crippen LogP contribution in [0.5, 0.6) is 0 Å². The molecule has 0 saturated carbocycles. The molecule has 0 bridgehead atoms. The Balaban J connectivity index is 2.06. The zero-order valence-electron chi connectivity index (χ0n) is 14.3. The van der Waals surface area contributed by atoms with E-state index in [4.69, 9.17) is 4.74 Å². The van der Waals surface area contributed by atoms with Crippen LogP contribution in [0.15, 0.2) is 53.4 Å². The van der Waals surface area contributed by atoms with Crippen molar-refractivity contribution in [1.82, 2.24) is 0 Å². The molecule has 0 aliphatic carbocycles. The second kappa shape index (κ2) is 8.72. The predicted octanol–water partition coefficient (Wildman–Crippen LogP) is 3.50. The second-order valence-electron chi connectivity index (χ2n) is 5.50. The molecule has 0 saturated heterocycles. The summed E-state index contributed by atoms with van der Waals surface area (Å²) in [5.41, 5.74) is 0.828. The molecular formula is C18H17F2NO5S. The van der Waals surface area contributed by atoms with Crippen LogP contribution < -0.4 is 5.32 Å². The number of alkyl halides is 2. The zero-order chi connectivity index (χ0) is 20.0. The summed E-state index contributed by atoms with van der Waals surface area (Å²) in [5.74, 6) is -4.55. The summed E-state index contributed by atoms with van der Waals surface area (Å²) in [4.78, 5) is 23.3. The van der Waals surface area contributed by atoms with Crippen LogP contribution in [0.25, 0.3) is 0 Å². The van der Waals surface area contributed by atoms with Crippen LogP contribution in [0.3, 0.4) is 0 Å². The minimum atomic E-state index is -4.71. The lowest BCUT2D eigenvalue weighted by Crippen LogP contribution is -2.14. The molecule has 0 aromatic heterocycles. The second-order valence-corrected chi connectivity index (χ2v) is 7.42. The largest absolute Gasteiger partial charge is 0.462 e. The molecule has 2 rings (SSSR count). The van der Waals surface area contributed by atoms with E-state index in [0.717, 1.165) is 24.3 Å². The number of carbonyl (C=O) groups is 2. The molecule has 6 nitrogen and oxygen atoms in total. The molecular weight excluding hydrogens is 380 g/mol. The van der Waals surface area contributed by atoms with E-state index >= 15 is 0 Å². The summed E-state index contributed by atoms with van der Waals surface area (Å²) in [7, 11) is -4.71. The van der Waals surface area contributed by atoms with Crippen molar-refractivity contribution in [2.45, 2.75) is 24.0 Å². The zero-order valence-corrected chi connectivity index (χ0v) is 15.1. The van der Waals surface area contributed by atoms with E-state index in [1.54, 1.807) is 0 Å². The topological polar surface area (TPSA) is 89.5 Å². The molecule has 0 heterocycles. The van der Waals surface area contributed by atoms with Crippen LogP contribution in [0.4, 0.5) is 14.5 Å². The maximum atomic E-state index is 12.5. The Morgan fingerprint density at radius 3 is 2.07 bits per heavy atom. The Labute approximate surface area is 155 Å². The Morgan fingerprint density at radius 1 is 1.00 bits per heavy atom. The van der Waals surface area contributed by atoms with Gasteiger partial charge in [0.05, 0.1) is 17.1 Å². The number of rotatable bonds is 7. The Morgan fingerprint density at radius 2 is 1.56 bits per heavy atom. The third-order valence-electron chi connectivity index (χ3n) is 3.50. The maximum absolute atomic E-state index is 12.5. The van der Waals surface area contributed by atoms with E-state index in [9.17, 15) is 26.8 Å². The highest BCUT2D eigenvalue weighted by Gasteiger charge is 2.26. The van der Waals surface area contributed by atoms with Gasteiger partial charge >= 0.3 is 11.7 Å². The number of ether oxygens (including phenoxy) is 1. The normalized spacial score (nSPS) is 11.3. The van der Waals surface area contributed by atoms with E-state index in [0.29, 0.717) is 24.3 Å². The fourth-order valence-corrected chi connectivity index (χ4v) is 2.79. The fourth-order valence-electron chi connectivity index (χ4n) is 2.07. The smallest absolute Gasteiger partial charge is 0.341 e. The highest BCUT2D eigenvalue weighted by atomic mass is 32.2. The van der Waals surface area contributed by atoms with Gasteiger partial charge in [0.15, 0.2) is 0 Å². The molecule has 0 aliphatic heterocycles. The lowest BCUT2D eigenvalue weighted by molar-refractivity contribution is 0.0505. The average Bonchev–Trinajstić information content (AvgIpc) is 2.66. The number of benzene rings is 2. The van der Waals surface area contributed by atoms with Gasteiger partial charge in [-0.25, -0.2) is 13.2 Å². The summed E-state index contributed by atoms with van der Waals surface area (Å²) in [6.45, 7) is 2.19. The van der Waals surface area contributed by atoms with Gasteiger partial charge in [-0.1, -0.05) is 6.92 Å². The minimum Gasteiger partial charge on any atom is -0.462 e. The molecule has 1 amide bonds. The summed E-state index contributed by atoms with van der Waals surface area (Å²) in [6.07, 6.45) is 0.706. The molecule has 2 aromatic carbocycles. The molecule has 27 heavy (non-hydrogen) atoms. The van der Waals surface area contributed by atoms with Gasteiger partial charge in [0.25, 0.3) is 5.91 Å². The first-order valence-electron chi connectivity index (χ1n) is 7.96. The van der Waals surface area contributed by atoms with Crippen molar-refractivity contribution >= 4 is 27.4 Å². The number of hydrogen-bond acceptors (Lipinski definition) is 5. The van der Waals surface area contributed by atoms with Crippen LogP contribution in [0, 0.1) is 0 Å². The number of hydrogen-bond donors (Lipinski definition) is 1. The average molecular weight is 397 g/mol. The number of nitrogens with one attached hydrogen (secondary N) is 1. The van der Waals surface area contributed by atoms with Crippen molar-refractivity contribution in [3.8, 4) is 0 Å². The predicted molar refractivity (Wildman–Crippen MR) is 94.6 cm³/mol. The molecule has 2 aromatic rings. The van der Waals surface area contributed by atoms with E-state index in [-0.39, 0.29) is 5.56 Å². The quantitative estimate of drug-likeness (QED) is 0.723. The summed E-state index contributed by atoms with van der Waals surface area (Å²) in [5, 5.41) is 2.56. The van der Waals surface area contributed by atoms with Crippen LogP contribution in [0.1, 0.15) is 34.1 Å². The number of halogens is 2. The summed E-state index contributed by atoms with van der Waals surface area (Å²) in [6, 6.07) is 10.2. The van der Waals surface area contributed by atoms with Gasteiger partial charge in [-0.15, -0.1) is 0 Å². The van der Waals surface area contributed by atoms with Crippen LogP contribution >= 0.6 is 0 Å². The minimum absolute atomic E-state index is 0.0923. The van der Waals surface area contributed by atoms with Gasteiger partial charge in [0.2, 0.25) is 9.84 Å². The molecule has 1 N–H and O–H groups in total. The number of amides is 1. The molecule has 144 valence electrons. The number of carbonyl (C=O) groups excluding carboxylic acids is 2. The Kier molecular flexibility index (Phi) is 6.62. The summed E-state index contributed by atoms with van der Waals surface area (Å²) >= 11 is 0. The Hall–Kier alpha value is -2.81. The molecule has 0 fully saturated rings. The molecule has 0 unspecified atom stereocenters. The third kappa shape index (κ3) is 5.10. The summed E-state index contributed by atoms with van der Waals surface area (Å²) < 4.78 is 52.7. The van der Waals surface area contributed by atoms with Gasteiger partial charge in [-0.05, 0) is 55.0 Å². The fraction of sp³-hybridized carbons (Fsp3) is 0.222. The SMILES string of the molecule is CCCOC(=O)c1ccc(NC(=O)c2ccc(S(=O)(=O)C(F)F)cc2)cc1. The van der Waals surface area contributed by atoms with Crippen molar-refractivity contribution in [1.29, 1.82) is 0 Å². The first kappa shape index (κ1) is 20.5. The lowest BCUT2D eigenvalue weighted by Gasteiger charge is -2.08. The molecule has 0 aliphatic rings. The van der Waals surface area contributed by atoms with Gasteiger partial charge in [-0.2, -0.15) is 8.78 Å². The molecule has 0 radical (unpaired) electrons. The number of sulfone groups is 1. The third-order valence-corrected chi connectivity index (χ3v) is 4.89. The van der Waals surface area contributed by atoms with E-state index in [2.05, 4.69) is 5.32 Å². The highest BCUT2D eigenvalue weighted by molar-refractivity contribution is 7.91. The van der Waals surface area contributed by atoms with Crippen molar-refractivity contribution in [2.75, 3.05) is 11.9 Å². The van der Waals surface area contributed by atoms with Crippen molar-refractivity contribution < 1.29 is 31.5 Å². The van der Waals surface area contributed by atoms with Gasteiger partial charge < -0.3 is 10.1 Å². The van der Waals surface area contributed by atoms with Gasteiger partial charge in [0.1, 0.15) is 0 Å². The van der Waals surface area contributed by atoms with Gasteiger partial charge in [-0.3, -0.25) is 4.79 Å². The van der Waals surface area contributed by atoms with Crippen molar-refractivity contribution in [2.24, 2.45) is 0 Å². The molecule has 9 heteroatoms. The standard InChI is InChI=1S/C18H17F2NO5S/c1-2-11-26-17(23)13-3-7-14(8-4-13)21-16(22)12-5-9-15(10-6-12)27(24,25)18(19)20/h3-10,18H,2,11H2,1H3,(H,21,22). The van der Waals surface area contributed by atoms with Crippen molar-refractivity contribution in [3.63, 3.8) is 0 Å². The maximum Gasteiger partial charge on any atom is 0.341 e. The monoisotopic (exact) mass is 397 g/mol. The first-order valence-corrected chi connectivity index (χ1v) is 9.51. The van der Waals surface area contributed by atoms with E-state index in [1.807, 2.05) is 6.92 Å². The highest BCUT2D eigenvalue weighted by Crippen LogP contribution is 2.19. The van der Waals surface area contributed by atoms with Crippen molar-refractivity contribution in [3.05, 3.63) is 59.7 Å². The van der Waals surface area contributed by atoms with Crippen LogP contribution in [0.2, 0.25) is 0 Å². The van der Waals surface area contributed by atoms with Crippen LogP contribution in [-0.4, -0.2) is 32.7 Å². The van der Waals surface area contributed by atoms with E-state index < -0.39 is 32.4 Å². The van der Waals surface area contributed by atoms with Crippen LogP contribution in [-0.2, 0) is 14.6 Å². The number of esters is 1. The Bertz CT molecular complexity index is 910. The first-order chi connectivity index (χ1) is 12.8. The van der Waals surface area contributed by atoms with Gasteiger partial charge in [0, 0.05) is 11.3 Å². The van der Waals surface area contributed by atoms with E-state index in [1.165, 1.54) is 24.3 Å². The molecule has 0 atom stereocenters. The molecule has 0 spiro atoms. The lowest BCUT2D eigenvalue weighted by atomic mass is 10.2. The number of anilines is 1.